The van der Waals surface area contributed by atoms with Crippen LogP contribution >= 0.6 is 23.4 Å². The Morgan fingerprint density at radius 2 is 1.94 bits per heavy atom. The van der Waals surface area contributed by atoms with Crippen molar-refractivity contribution in [1.29, 1.82) is 0 Å². The van der Waals surface area contributed by atoms with Crippen molar-refractivity contribution in [3.63, 3.8) is 0 Å². The van der Waals surface area contributed by atoms with Crippen LogP contribution in [0.25, 0.3) is 0 Å². The number of thioether (sulfide) groups is 1. The summed E-state index contributed by atoms with van der Waals surface area (Å²) in [6.07, 6.45) is 1.72. The predicted octanol–water partition coefficient (Wildman–Crippen LogP) is 4.40. The lowest BCUT2D eigenvalue weighted by atomic mass is 10.1. The van der Waals surface area contributed by atoms with E-state index in [1.807, 2.05) is 36.6 Å². The van der Waals surface area contributed by atoms with Gasteiger partial charge in [0.15, 0.2) is 11.0 Å². The van der Waals surface area contributed by atoms with Crippen molar-refractivity contribution >= 4 is 40.9 Å². The number of benzene rings is 2. The number of carbonyl (C=O) groups is 2. The highest BCUT2D eigenvalue weighted by Gasteiger charge is 2.16. The summed E-state index contributed by atoms with van der Waals surface area (Å²) < 4.78 is 1.83. The summed E-state index contributed by atoms with van der Waals surface area (Å²) in [6, 6.07) is 12.8. The molecule has 7 nitrogen and oxygen atoms in total. The largest absolute Gasteiger partial charge is 0.345 e. The maximum absolute atomic E-state index is 12.5. The van der Waals surface area contributed by atoms with E-state index in [2.05, 4.69) is 27.4 Å². The van der Waals surface area contributed by atoms with E-state index in [-0.39, 0.29) is 24.1 Å². The molecule has 0 fully saturated rings. The number of nitrogens with zero attached hydrogens (tertiary/aromatic N) is 3. The first kappa shape index (κ1) is 23.6. The zero-order valence-corrected chi connectivity index (χ0v) is 19.5. The van der Waals surface area contributed by atoms with Crippen molar-refractivity contribution in [2.24, 2.45) is 0 Å². The number of aromatic nitrogens is 3. The van der Waals surface area contributed by atoms with Gasteiger partial charge in [0.1, 0.15) is 0 Å². The minimum atomic E-state index is -0.179. The molecule has 0 radical (unpaired) electrons. The standard InChI is InChI=1S/C23H24ClN5O2S/c1-4-12-29-20(13-25-22(31)17-9-6-5-8-15(17)2)27-28-23(29)32-14-21(30)26-19-11-7-10-18(24)16(19)3/h4-11H,1,12-14H2,2-3H3,(H,25,31)(H,26,30). The Balaban J connectivity index is 1.63. The number of nitrogens with one attached hydrogen (secondary N) is 2. The number of rotatable bonds is 9. The molecular weight excluding hydrogens is 446 g/mol. The fraction of sp³-hybridized carbons (Fsp3) is 0.217. The van der Waals surface area contributed by atoms with Crippen LogP contribution in [-0.4, -0.2) is 32.3 Å². The molecule has 0 bridgehead atoms. The van der Waals surface area contributed by atoms with Crippen molar-refractivity contribution in [3.05, 3.63) is 82.7 Å². The van der Waals surface area contributed by atoms with Gasteiger partial charge in [0, 0.05) is 22.8 Å². The van der Waals surface area contributed by atoms with E-state index in [4.69, 9.17) is 11.6 Å². The maximum Gasteiger partial charge on any atom is 0.251 e. The van der Waals surface area contributed by atoms with Crippen molar-refractivity contribution in [2.45, 2.75) is 32.1 Å². The Kier molecular flexibility index (Phi) is 8.08. The third-order valence-electron chi connectivity index (χ3n) is 4.78. The van der Waals surface area contributed by atoms with Crippen LogP contribution in [-0.2, 0) is 17.9 Å². The molecule has 1 heterocycles. The third kappa shape index (κ3) is 5.77. The van der Waals surface area contributed by atoms with Crippen LogP contribution in [0.3, 0.4) is 0 Å². The van der Waals surface area contributed by atoms with Gasteiger partial charge in [-0.25, -0.2) is 0 Å². The summed E-state index contributed by atoms with van der Waals surface area (Å²) >= 11 is 7.37. The fourth-order valence-electron chi connectivity index (χ4n) is 3.01. The van der Waals surface area contributed by atoms with E-state index >= 15 is 0 Å². The summed E-state index contributed by atoms with van der Waals surface area (Å²) in [7, 11) is 0. The molecule has 0 aliphatic heterocycles. The molecule has 3 aromatic rings. The smallest absolute Gasteiger partial charge is 0.251 e. The van der Waals surface area contributed by atoms with Crippen molar-refractivity contribution in [3.8, 4) is 0 Å². The van der Waals surface area contributed by atoms with Crippen LogP contribution in [0.4, 0.5) is 5.69 Å². The van der Waals surface area contributed by atoms with Crippen LogP contribution in [0.15, 0.2) is 60.3 Å². The first-order valence-electron chi connectivity index (χ1n) is 9.95. The second kappa shape index (κ2) is 11.0. The summed E-state index contributed by atoms with van der Waals surface area (Å²) in [5.74, 6) is 0.377. The molecule has 1 aromatic heterocycles. The normalized spacial score (nSPS) is 10.6. The lowest BCUT2D eigenvalue weighted by Crippen LogP contribution is -2.25. The molecule has 3 rings (SSSR count). The molecule has 32 heavy (non-hydrogen) atoms. The number of halogens is 1. The molecular formula is C23H24ClN5O2S. The molecule has 0 aliphatic carbocycles. The third-order valence-corrected chi connectivity index (χ3v) is 6.15. The number of amides is 2. The van der Waals surface area contributed by atoms with Crippen molar-refractivity contribution < 1.29 is 9.59 Å². The Hall–Kier alpha value is -3.10. The van der Waals surface area contributed by atoms with Gasteiger partial charge < -0.3 is 15.2 Å². The van der Waals surface area contributed by atoms with Gasteiger partial charge in [-0.1, -0.05) is 53.7 Å². The summed E-state index contributed by atoms with van der Waals surface area (Å²) in [6.45, 7) is 8.18. The van der Waals surface area contributed by atoms with E-state index in [0.29, 0.717) is 33.8 Å². The topological polar surface area (TPSA) is 88.9 Å². The molecule has 0 unspecified atom stereocenters. The van der Waals surface area contributed by atoms with E-state index in [1.165, 1.54) is 11.8 Å². The lowest BCUT2D eigenvalue weighted by molar-refractivity contribution is -0.113. The molecule has 2 aromatic carbocycles. The van der Waals surface area contributed by atoms with E-state index in [0.717, 1.165) is 11.1 Å². The van der Waals surface area contributed by atoms with Gasteiger partial charge in [0.25, 0.3) is 5.91 Å². The Morgan fingerprint density at radius 3 is 2.69 bits per heavy atom. The highest BCUT2D eigenvalue weighted by Crippen LogP contribution is 2.24. The number of aryl methyl sites for hydroxylation is 1. The van der Waals surface area contributed by atoms with Crippen LogP contribution in [0, 0.1) is 13.8 Å². The van der Waals surface area contributed by atoms with Gasteiger partial charge in [-0.15, -0.1) is 16.8 Å². The number of hydrogen-bond acceptors (Lipinski definition) is 5. The lowest BCUT2D eigenvalue weighted by Gasteiger charge is -2.11. The molecule has 0 atom stereocenters. The van der Waals surface area contributed by atoms with Crippen LogP contribution in [0.1, 0.15) is 27.3 Å². The average Bonchev–Trinajstić information content (AvgIpc) is 3.16. The van der Waals surface area contributed by atoms with Gasteiger partial charge in [-0.2, -0.15) is 0 Å². The van der Waals surface area contributed by atoms with Crippen molar-refractivity contribution in [2.75, 3.05) is 11.1 Å². The second-order valence-electron chi connectivity index (χ2n) is 7.04. The number of carbonyl (C=O) groups excluding carboxylic acids is 2. The van der Waals surface area contributed by atoms with Gasteiger partial charge in [-0.05, 0) is 43.2 Å². The SMILES string of the molecule is C=CCn1c(CNC(=O)c2ccccc2C)nnc1SCC(=O)Nc1cccc(Cl)c1C. The van der Waals surface area contributed by atoms with Gasteiger partial charge in [0.2, 0.25) is 5.91 Å². The first-order chi connectivity index (χ1) is 15.4. The average molecular weight is 470 g/mol. The predicted molar refractivity (Wildman–Crippen MR) is 128 cm³/mol. The molecule has 166 valence electrons. The summed E-state index contributed by atoms with van der Waals surface area (Å²) in [5.41, 5.74) is 3.00. The molecule has 0 saturated carbocycles. The number of allylic oxidation sites excluding steroid dienone is 1. The molecule has 0 saturated heterocycles. The Labute approximate surface area is 196 Å². The zero-order chi connectivity index (χ0) is 23.1. The van der Waals surface area contributed by atoms with E-state index < -0.39 is 0 Å². The van der Waals surface area contributed by atoms with Crippen LogP contribution < -0.4 is 10.6 Å². The monoisotopic (exact) mass is 469 g/mol. The van der Waals surface area contributed by atoms with E-state index in [1.54, 1.807) is 30.3 Å². The minimum Gasteiger partial charge on any atom is -0.345 e. The summed E-state index contributed by atoms with van der Waals surface area (Å²) in [5, 5.41) is 15.3. The Bertz CT molecular complexity index is 1150. The van der Waals surface area contributed by atoms with Crippen LogP contribution in [0.2, 0.25) is 5.02 Å². The number of anilines is 1. The molecule has 0 spiro atoms. The van der Waals surface area contributed by atoms with Crippen LogP contribution in [0.5, 0.6) is 0 Å². The quantitative estimate of drug-likeness (QED) is 0.358. The Morgan fingerprint density at radius 1 is 1.16 bits per heavy atom. The summed E-state index contributed by atoms with van der Waals surface area (Å²) in [4.78, 5) is 24.9. The second-order valence-corrected chi connectivity index (χ2v) is 8.39. The first-order valence-corrected chi connectivity index (χ1v) is 11.3. The maximum atomic E-state index is 12.5. The fourth-order valence-corrected chi connectivity index (χ4v) is 3.95. The van der Waals surface area contributed by atoms with Crippen molar-refractivity contribution in [1.82, 2.24) is 20.1 Å². The molecule has 9 heteroatoms. The zero-order valence-electron chi connectivity index (χ0n) is 17.9. The minimum absolute atomic E-state index is 0.150. The highest BCUT2D eigenvalue weighted by molar-refractivity contribution is 7.99. The van der Waals surface area contributed by atoms with Gasteiger partial charge >= 0.3 is 0 Å². The molecule has 2 amide bonds. The number of hydrogen-bond donors (Lipinski definition) is 2. The van der Waals surface area contributed by atoms with Gasteiger partial charge in [0.05, 0.1) is 12.3 Å². The van der Waals surface area contributed by atoms with Gasteiger partial charge in [-0.3, -0.25) is 9.59 Å². The molecule has 0 aliphatic rings. The van der Waals surface area contributed by atoms with E-state index in [9.17, 15) is 9.59 Å². The highest BCUT2D eigenvalue weighted by atomic mass is 35.5. The molecule has 2 N–H and O–H groups in total.